The molecule has 3 heterocycles. The van der Waals surface area contributed by atoms with Gasteiger partial charge in [0.15, 0.2) is 0 Å². The fraction of sp³-hybridized carbons (Fsp3) is 0.421. The zero-order chi connectivity index (χ0) is 18.6. The molecule has 8 heteroatoms. The van der Waals surface area contributed by atoms with Crippen LogP contribution in [0, 0.1) is 5.92 Å². The third kappa shape index (κ3) is 3.90. The summed E-state index contributed by atoms with van der Waals surface area (Å²) in [6, 6.07) is 3.95. The van der Waals surface area contributed by atoms with Crippen molar-refractivity contribution in [3.05, 3.63) is 47.2 Å². The lowest BCUT2D eigenvalue weighted by Gasteiger charge is -2.20. The van der Waals surface area contributed by atoms with Gasteiger partial charge in [0.25, 0.3) is 0 Å². The van der Waals surface area contributed by atoms with Gasteiger partial charge in [0.05, 0.1) is 5.69 Å². The molecule has 7 nitrogen and oxygen atoms in total. The Morgan fingerprint density at radius 1 is 1.37 bits per heavy atom. The van der Waals surface area contributed by atoms with Gasteiger partial charge in [-0.2, -0.15) is 0 Å². The van der Waals surface area contributed by atoms with Gasteiger partial charge in [0.2, 0.25) is 5.91 Å². The van der Waals surface area contributed by atoms with E-state index in [0.717, 1.165) is 41.5 Å². The molecule has 1 atom stereocenters. The molecule has 3 aromatic heterocycles. The summed E-state index contributed by atoms with van der Waals surface area (Å²) in [5.74, 6) is 1.01. The van der Waals surface area contributed by atoms with Crippen LogP contribution in [-0.2, 0) is 30.6 Å². The highest BCUT2D eigenvalue weighted by Crippen LogP contribution is 2.34. The summed E-state index contributed by atoms with van der Waals surface area (Å²) in [7, 11) is 0. The second-order valence-electron chi connectivity index (χ2n) is 6.64. The van der Waals surface area contributed by atoms with Crippen LogP contribution in [0.2, 0.25) is 0 Å². The summed E-state index contributed by atoms with van der Waals surface area (Å²) in [5.41, 5.74) is 2.16. The van der Waals surface area contributed by atoms with E-state index in [0.29, 0.717) is 19.4 Å². The predicted molar refractivity (Wildman–Crippen MR) is 103 cm³/mol. The van der Waals surface area contributed by atoms with E-state index in [-0.39, 0.29) is 11.8 Å². The van der Waals surface area contributed by atoms with Gasteiger partial charge in [0, 0.05) is 54.7 Å². The van der Waals surface area contributed by atoms with Crippen LogP contribution in [-0.4, -0.2) is 37.2 Å². The van der Waals surface area contributed by atoms with Crippen molar-refractivity contribution in [3.63, 3.8) is 0 Å². The Hall–Kier alpha value is -2.61. The van der Waals surface area contributed by atoms with Crippen LogP contribution in [0.25, 0.3) is 10.6 Å². The van der Waals surface area contributed by atoms with Gasteiger partial charge in [-0.25, -0.2) is 4.98 Å². The molecular formula is C19H22N6OS. The van der Waals surface area contributed by atoms with Crippen molar-refractivity contribution in [3.8, 4) is 10.6 Å². The molecule has 4 rings (SSSR count). The van der Waals surface area contributed by atoms with Gasteiger partial charge in [-0.05, 0) is 31.9 Å². The van der Waals surface area contributed by atoms with Crippen molar-refractivity contribution < 1.29 is 4.79 Å². The quantitative estimate of drug-likeness (QED) is 0.707. The number of fused-ring (bicyclic) bond motifs is 1. The minimum atomic E-state index is -0.00562. The monoisotopic (exact) mass is 382 g/mol. The van der Waals surface area contributed by atoms with Crippen molar-refractivity contribution in [2.75, 3.05) is 6.54 Å². The summed E-state index contributed by atoms with van der Waals surface area (Å²) in [4.78, 5) is 22.7. The van der Waals surface area contributed by atoms with Gasteiger partial charge < -0.3 is 9.88 Å². The fourth-order valence-electron chi connectivity index (χ4n) is 3.40. The summed E-state index contributed by atoms with van der Waals surface area (Å²) in [5, 5.41) is 12.1. The topological polar surface area (TPSA) is 85.6 Å². The first-order valence-electron chi connectivity index (χ1n) is 9.28. The Bertz CT molecular complexity index is 919. The number of nitrogens with one attached hydrogen (secondary N) is 1. The van der Waals surface area contributed by atoms with E-state index in [9.17, 15) is 4.79 Å². The maximum absolute atomic E-state index is 12.6. The molecule has 0 aliphatic heterocycles. The van der Waals surface area contributed by atoms with E-state index in [1.807, 2.05) is 16.7 Å². The van der Waals surface area contributed by atoms with Crippen molar-refractivity contribution in [1.29, 1.82) is 0 Å². The molecule has 0 saturated heterocycles. The van der Waals surface area contributed by atoms with E-state index in [1.54, 1.807) is 30.1 Å². The first kappa shape index (κ1) is 17.8. The molecule has 1 N–H and O–H groups in total. The fourth-order valence-corrected chi connectivity index (χ4v) is 4.51. The summed E-state index contributed by atoms with van der Waals surface area (Å²) in [6.45, 7) is 3.48. The molecule has 1 aliphatic rings. The summed E-state index contributed by atoms with van der Waals surface area (Å²) >= 11 is 1.73. The minimum Gasteiger partial charge on any atom is -0.355 e. The summed E-state index contributed by atoms with van der Waals surface area (Å²) in [6.07, 6.45) is 8.50. The number of aryl methyl sites for hydroxylation is 2. The Morgan fingerprint density at radius 3 is 3.04 bits per heavy atom. The van der Waals surface area contributed by atoms with E-state index in [1.165, 1.54) is 4.88 Å². The van der Waals surface area contributed by atoms with E-state index < -0.39 is 0 Å². The predicted octanol–water partition coefficient (Wildman–Crippen LogP) is 2.28. The van der Waals surface area contributed by atoms with Crippen molar-refractivity contribution in [2.24, 2.45) is 5.92 Å². The number of thiazole rings is 1. The lowest BCUT2D eigenvalue weighted by atomic mass is 9.90. The maximum atomic E-state index is 12.6. The number of aromatic nitrogens is 5. The third-order valence-electron chi connectivity index (χ3n) is 4.92. The SMILES string of the molecule is CCn1cnnc1CCNC(=O)C1CCc2sc(-c3ccncc3)nc2C1. The van der Waals surface area contributed by atoms with E-state index in [2.05, 4.69) is 27.4 Å². The Balaban J connectivity index is 1.35. The highest BCUT2D eigenvalue weighted by molar-refractivity contribution is 7.15. The molecular weight excluding hydrogens is 360 g/mol. The molecule has 3 aromatic rings. The second-order valence-corrected chi connectivity index (χ2v) is 7.72. The molecule has 0 bridgehead atoms. The molecule has 0 radical (unpaired) electrons. The van der Waals surface area contributed by atoms with Crippen LogP contribution in [0.15, 0.2) is 30.9 Å². The molecule has 1 unspecified atom stereocenters. The van der Waals surface area contributed by atoms with Gasteiger partial charge >= 0.3 is 0 Å². The number of carbonyl (C=O) groups is 1. The number of pyridine rings is 1. The van der Waals surface area contributed by atoms with Crippen molar-refractivity contribution in [1.82, 2.24) is 30.0 Å². The number of rotatable bonds is 6. The lowest BCUT2D eigenvalue weighted by Crippen LogP contribution is -2.35. The highest BCUT2D eigenvalue weighted by Gasteiger charge is 2.27. The number of hydrogen-bond donors (Lipinski definition) is 1. The van der Waals surface area contributed by atoms with Crippen LogP contribution in [0.5, 0.6) is 0 Å². The molecule has 0 fully saturated rings. The molecule has 0 spiro atoms. The van der Waals surface area contributed by atoms with Crippen molar-refractivity contribution >= 4 is 17.2 Å². The van der Waals surface area contributed by atoms with Crippen LogP contribution in [0.4, 0.5) is 0 Å². The average Bonchev–Trinajstić information content (AvgIpc) is 3.34. The minimum absolute atomic E-state index is 0.00562. The summed E-state index contributed by atoms with van der Waals surface area (Å²) < 4.78 is 1.99. The Morgan fingerprint density at radius 2 is 2.22 bits per heavy atom. The number of carbonyl (C=O) groups excluding carboxylic acids is 1. The molecule has 0 aromatic carbocycles. The van der Waals surface area contributed by atoms with Crippen molar-refractivity contribution in [2.45, 2.75) is 39.2 Å². The van der Waals surface area contributed by atoms with Gasteiger partial charge in [-0.15, -0.1) is 21.5 Å². The van der Waals surface area contributed by atoms with E-state index >= 15 is 0 Å². The number of nitrogens with zero attached hydrogens (tertiary/aromatic N) is 5. The van der Waals surface area contributed by atoms with Gasteiger partial charge in [0.1, 0.15) is 17.2 Å². The normalized spacial score (nSPS) is 16.1. The molecule has 0 saturated carbocycles. The lowest BCUT2D eigenvalue weighted by molar-refractivity contribution is -0.125. The van der Waals surface area contributed by atoms with Crippen LogP contribution in [0.1, 0.15) is 29.7 Å². The second kappa shape index (κ2) is 7.96. The largest absolute Gasteiger partial charge is 0.355 e. The average molecular weight is 382 g/mol. The number of amides is 1. The first-order chi connectivity index (χ1) is 13.2. The zero-order valence-corrected chi connectivity index (χ0v) is 16.1. The molecule has 1 amide bonds. The maximum Gasteiger partial charge on any atom is 0.223 e. The zero-order valence-electron chi connectivity index (χ0n) is 15.3. The Labute approximate surface area is 161 Å². The highest BCUT2D eigenvalue weighted by atomic mass is 32.1. The smallest absolute Gasteiger partial charge is 0.223 e. The van der Waals surface area contributed by atoms with Crippen LogP contribution in [0.3, 0.4) is 0 Å². The van der Waals surface area contributed by atoms with Crippen LogP contribution < -0.4 is 5.32 Å². The Kier molecular flexibility index (Phi) is 5.24. The van der Waals surface area contributed by atoms with E-state index in [4.69, 9.17) is 4.98 Å². The number of hydrogen-bond acceptors (Lipinski definition) is 6. The molecule has 140 valence electrons. The van der Waals surface area contributed by atoms with Gasteiger partial charge in [-0.1, -0.05) is 0 Å². The first-order valence-corrected chi connectivity index (χ1v) is 10.1. The van der Waals surface area contributed by atoms with Gasteiger partial charge in [-0.3, -0.25) is 9.78 Å². The molecule has 27 heavy (non-hydrogen) atoms. The third-order valence-corrected chi connectivity index (χ3v) is 6.13. The standard InChI is InChI=1S/C19H22N6OS/c1-2-25-12-22-24-17(25)7-10-21-18(26)14-3-4-16-15(11-14)23-19(27-16)13-5-8-20-9-6-13/h5-6,8-9,12,14H,2-4,7,10-11H2,1H3,(H,21,26). The van der Waals surface area contributed by atoms with Crippen LogP contribution >= 0.6 is 11.3 Å². The molecule has 1 aliphatic carbocycles.